The maximum absolute atomic E-state index is 10.8. The molecule has 2 heterocycles. The Labute approximate surface area is 175 Å². The number of nitro benzene ring substituents is 1. The number of non-ortho nitro benzene ring substituents is 1. The maximum atomic E-state index is 10.8. The van der Waals surface area contributed by atoms with Gasteiger partial charge in [-0.3, -0.25) is 19.7 Å². The second kappa shape index (κ2) is 8.42. The fourth-order valence-electron chi connectivity index (χ4n) is 2.73. The predicted octanol–water partition coefficient (Wildman–Crippen LogP) is 5.18. The van der Waals surface area contributed by atoms with Crippen molar-refractivity contribution in [1.82, 2.24) is 19.7 Å². The van der Waals surface area contributed by atoms with Gasteiger partial charge < -0.3 is 0 Å². The molecule has 0 N–H and O–H groups in total. The Morgan fingerprint density at radius 3 is 2.45 bits per heavy atom. The molecule has 0 saturated carbocycles. The monoisotopic (exact) mass is 423 g/mol. The third-order valence-corrected chi connectivity index (χ3v) is 5.41. The van der Waals surface area contributed by atoms with E-state index in [1.54, 1.807) is 24.5 Å². The van der Waals surface area contributed by atoms with E-state index in [-0.39, 0.29) is 5.69 Å². The zero-order valence-electron chi connectivity index (χ0n) is 15.0. The van der Waals surface area contributed by atoms with Crippen molar-refractivity contribution < 1.29 is 4.92 Å². The van der Waals surface area contributed by atoms with Crippen molar-refractivity contribution in [3.63, 3.8) is 0 Å². The van der Waals surface area contributed by atoms with Crippen molar-refractivity contribution in [2.75, 3.05) is 0 Å². The van der Waals surface area contributed by atoms with Crippen molar-refractivity contribution in [1.29, 1.82) is 0 Å². The lowest BCUT2D eigenvalue weighted by Crippen LogP contribution is -2.00. The highest BCUT2D eigenvalue weighted by atomic mass is 35.5. The van der Waals surface area contributed by atoms with Gasteiger partial charge in [-0.25, -0.2) is 0 Å². The Bertz CT molecular complexity index is 1130. The summed E-state index contributed by atoms with van der Waals surface area (Å²) < 4.78 is 1.95. The highest BCUT2D eigenvalue weighted by Gasteiger charge is 2.16. The minimum Gasteiger partial charge on any atom is -0.270 e. The smallest absolute Gasteiger partial charge is 0.269 e. The zero-order valence-corrected chi connectivity index (χ0v) is 16.5. The van der Waals surface area contributed by atoms with E-state index in [1.807, 2.05) is 41.0 Å². The minimum atomic E-state index is -0.408. The fraction of sp³-hybridized carbons (Fsp3) is 0.0500. The van der Waals surface area contributed by atoms with Gasteiger partial charge in [0.05, 0.1) is 4.92 Å². The molecule has 4 rings (SSSR count). The Morgan fingerprint density at radius 1 is 1.03 bits per heavy atom. The molecule has 29 heavy (non-hydrogen) atoms. The Morgan fingerprint density at radius 2 is 1.79 bits per heavy atom. The predicted molar refractivity (Wildman–Crippen MR) is 112 cm³/mol. The number of hydrogen-bond acceptors (Lipinski definition) is 6. The van der Waals surface area contributed by atoms with Crippen LogP contribution in [0.15, 0.2) is 78.2 Å². The average Bonchev–Trinajstić information content (AvgIpc) is 3.17. The normalized spacial score (nSPS) is 10.8. The first-order valence-corrected chi connectivity index (χ1v) is 9.96. The number of hydrogen-bond donors (Lipinski definition) is 0. The molecule has 0 unspecified atom stereocenters. The number of aromatic nitrogens is 4. The summed E-state index contributed by atoms with van der Waals surface area (Å²) in [7, 11) is 0. The summed E-state index contributed by atoms with van der Waals surface area (Å²) in [6, 6.07) is 17.7. The van der Waals surface area contributed by atoms with Crippen molar-refractivity contribution in [2.24, 2.45) is 0 Å². The first-order valence-electron chi connectivity index (χ1n) is 8.60. The molecule has 7 nitrogen and oxygen atoms in total. The molecule has 0 saturated heterocycles. The molecule has 9 heteroatoms. The molecule has 4 aromatic rings. The largest absolute Gasteiger partial charge is 0.270 e. The lowest BCUT2D eigenvalue weighted by Gasteiger charge is -2.10. The number of nitrogens with zero attached hydrogens (tertiary/aromatic N) is 5. The average molecular weight is 424 g/mol. The lowest BCUT2D eigenvalue weighted by atomic mass is 10.2. The van der Waals surface area contributed by atoms with Gasteiger partial charge in [-0.2, -0.15) is 0 Å². The SMILES string of the molecule is O=[N+]([O-])c1ccc(CSc2nnc(-c3cccnc3)n2-c2ccc(Cl)cc2)cc1. The Balaban J connectivity index is 1.67. The molecule has 0 aliphatic rings. The third-order valence-electron chi connectivity index (χ3n) is 4.15. The summed E-state index contributed by atoms with van der Waals surface area (Å²) in [6.07, 6.45) is 3.44. The molecule has 2 aromatic carbocycles. The third kappa shape index (κ3) is 4.28. The Kier molecular flexibility index (Phi) is 5.55. The van der Waals surface area contributed by atoms with Gasteiger partial charge in [0.1, 0.15) is 0 Å². The highest BCUT2D eigenvalue weighted by Crippen LogP contribution is 2.30. The van der Waals surface area contributed by atoms with Gasteiger partial charge in [0.15, 0.2) is 11.0 Å². The molecule has 144 valence electrons. The van der Waals surface area contributed by atoms with Crippen LogP contribution < -0.4 is 0 Å². The zero-order chi connectivity index (χ0) is 20.2. The molecule has 0 radical (unpaired) electrons. The number of benzene rings is 2. The van der Waals surface area contributed by atoms with Crippen LogP contribution in [0.4, 0.5) is 5.69 Å². The molecule has 0 atom stereocenters. The number of halogens is 1. The molecular formula is C20H14ClN5O2S. The fourth-order valence-corrected chi connectivity index (χ4v) is 3.76. The first-order chi connectivity index (χ1) is 14.1. The van der Waals surface area contributed by atoms with E-state index in [1.165, 1.54) is 23.9 Å². The Hall–Kier alpha value is -3.23. The second-order valence-corrected chi connectivity index (χ2v) is 7.45. The van der Waals surface area contributed by atoms with Gasteiger partial charge in [-0.05, 0) is 42.0 Å². The summed E-state index contributed by atoms with van der Waals surface area (Å²) in [5, 5.41) is 20.9. The quantitative estimate of drug-likeness (QED) is 0.241. The van der Waals surface area contributed by atoms with Gasteiger partial charge in [0.2, 0.25) is 0 Å². The first kappa shape index (κ1) is 19.1. The molecule has 0 aliphatic carbocycles. The van der Waals surface area contributed by atoms with Crippen LogP contribution in [0.5, 0.6) is 0 Å². The molecule has 0 spiro atoms. The van der Waals surface area contributed by atoms with Crippen molar-refractivity contribution in [2.45, 2.75) is 10.9 Å². The van der Waals surface area contributed by atoms with E-state index in [2.05, 4.69) is 15.2 Å². The molecule has 0 aliphatic heterocycles. The van der Waals surface area contributed by atoms with Crippen molar-refractivity contribution in [3.8, 4) is 17.1 Å². The molecule has 0 bridgehead atoms. The number of thioether (sulfide) groups is 1. The molecule has 0 fully saturated rings. The van der Waals surface area contributed by atoms with Gasteiger partial charge in [0, 0.05) is 46.6 Å². The summed E-state index contributed by atoms with van der Waals surface area (Å²) in [5.74, 6) is 1.27. The van der Waals surface area contributed by atoms with Crippen LogP contribution in [0.25, 0.3) is 17.1 Å². The molecule has 2 aromatic heterocycles. The molecule has 0 amide bonds. The maximum Gasteiger partial charge on any atom is 0.269 e. The summed E-state index contributed by atoms with van der Waals surface area (Å²) in [5.41, 5.74) is 2.75. The molecular weight excluding hydrogens is 410 g/mol. The standard InChI is InChI=1S/C20H14ClN5O2S/c21-16-5-9-17(10-6-16)25-19(15-2-1-11-22-12-15)23-24-20(25)29-13-14-3-7-18(8-4-14)26(27)28/h1-12H,13H2. The number of nitro groups is 1. The van der Waals surface area contributed by atoms with E-state index in [0.717, 1.165) is 16.8 Å². The van der Waals surface area contributed by atoms with E-state index >= 15 is 0 Å². The number of rotatable bonds is 6. The van der Waals surface area contributed by atoms with E-state index in [0.29, 0.717) is 21.8 Å². The van der Waals surface area contributed by atoms with Crippen LogP contribution in [0.3, 0.4) is 0 Å². The van der Waals surface area contributed by atoms with E-state index in [9.17, 15) is 10.1 Å². The topological polar surface area (TPSA) is 86.7 Å². The van der Waals surface area contributed by atoms with E-state index in [4.69, 9.17) is 11.6 Å². The van der Waals surface area contributed by atoms with Crippen molar-refractivity contribution in [3.05, 3.63) is 93.8 Å². The summed E-state index contributed by atoms with van der Waals surface area (Å²) in [6.45, 7) is 0. The van der Waals surface area contributed by atoms with Crippen LogP contribution in [0.2, 0.25) is 5.02 Å². The van der Waals surface area contributed by atoms with Crippen LogP contribution in [-0.2, 0) is 5.75 Å². The minimum absolute atomic E-state index is 0.0712. The number of pyridine rings is 1. The van der Waals surface area contributed by atoms with Crippen LogP contribution in [-0.4, -0.2) is 24.7 Å². The van der Waals surface area contributed by atoms with Gasteiger partial charge in [-0.15, -0.1) is 10.2 Å². The van der Waals surface area contributed by atoms with Crippen LogP contribution in [0.1, 0.15) is 5.56 Å². The van der Waals surface area contributed by atoms with Crippen molar-refractivity contribution >= 4 is 29.1 Å². The second-order valence-electron chi connectivity index (χ2n) is 6.07. The van der Waals surface area contributed by atoms with Gasteiger partial charge >= 0.3 is 0 Å². The van der Waals surface area contributed by atoms with Crippen LogP contribution >= 0.6 is 23.4 Å². The van der Waals surface area contributed by atoms with Gasteiger partial charge in [-0.1, -0.05) is 35.5 Å². The lowest BCUT2D eigenvalue weighted by molar-refractivity contribution is -0.384. The summed E-state index contributed by atoms with van der Waals surface area (Å²) >= 11 is 7.54. The van der Waals surface area contributed by atoms with E-state index < -0.39 is 4.92 Å². The van der Waals surface area contributed by atoms with Crippen LogP contribution in [0, 0.1) is 10.1 Å². The highest BCUT2D eigenvalue weighted by molar-refractivity contribution is 7.98. The van der Waals surface area contributed by atoms with Gasteiger partial charge in [0.25, 0.3) is 5.69 Å². The summed E-state index contributed by atoms with van der Waals surface area (Å²) in [4.78, 5) is 14.6.